The quantitative estimate of drug-likeness (QED) is 0.743. The van der Waals surface area contributed by atoms with Crippen molar-refractivity contribution < 1.29 is 4.79 Å². The van der Waals surface area contributed by atoms with Crippen molar-refractivity contribution in [2.45, 2.75) is 12.8 Å². The van der Waals surface area contributed by atoms with Crippen LogP contribution in [0.15, 0.2) is 35.3 Å². The first kappa shape index (κ1) is 16.8. The monoisotopic (exact) mass is 379 g/mol. The Hall–Kier alpha value is -2.03. The zero-order chi connectivity index (χ0) is 15.6. The van der Waals surface area contributed by atoms with E-state index in [9.17, 15) is 4.79 Å². The van der Waals surface area contributed by atoms with Crippen LogP contribution in [0.3, 0.4) is 0 Å². The second-order valence-corrected chi connectivity index (χ2v) is 6.80. The number of carbonyl (C=O) groups is 1. The molecule has 4 heterocycles. The first-order valence-electron chi connectivity index (χ1n) is 7.18. The number of nitrogens with zero attached hydrogens (tertiary/aromatic N) is 4. The molecule has 0 radical (unpaired) electrons. The van der Waals surface area contributed by atoms with Gasteiger partial charge in [0.05, 0.1) is 11.9 Å². The first-order chi connectivity index (χ1) is 11.3. The standard InChI is InChI=1S/C15H13N5OS2.ClH/c21-13-2-1-6-20(13)10-3-4-12(17-8-10)19-15-18-11(9-23-15)14-16-5-7-22-14;/h3-5,7-9H,1-2,6H2,(H,17,18,19);1H. The highest BCUT2D eigenvalue weighted by Gasteiger charge is 2.21. The van der Waals surface area contributed by atoms with Crippen molar-refractivity contribution in [3.05, 3.63) is 35.3 Å². The van der Waals surface area contributed by atoms with E-state index < -0.39 is 0 Å². The lowest BCUT2D eigenvalue weighted by atomic mass is 10.3. The van der Waals surface area contributed by atoms with Gasteiger partial charge in [0.25, 0.3) is 0 Å². The predicted molar refractivity (Wildman–Crippen MR) is 99.6 cm³/mol. The molecule has 4 rings (SSSR count). The summed E-state index contributed by atoms with van der Waals surface area (Å²) in [6.45, 7) is 0.775. The van der Waals surface area contributed by atoms with Gasteiger partial charge in [-0.05, 0) is 18.6 Å². The fourth-order valence-electron chi connectivity index (χ4n) is 2.43. The van der Waals surface area contributed by atoms with Gasteiger partial charge in [-0.2, -0.15) is 0 Å². The van der Waals surface area contributed by atoms with E-state index in [1.165, 1.54) is 11.3 Å². The van der Waals surface area contributed by atoms with Gasteiger partial charge in [0, 0.05) is 29.9 Å². The summed E-state index contributed by atoms with van der Waals surface area (Å²) in [6, 6.07) is 3.78. The molecular formula is C15H14ClN5OS2. The van der Waals surface area contributed by atoms with Crippen LogP contribution in [0, 0.1) is 0 Å². The van der Waals surface area contributed by atoms with Gasteiger partial charge in [0.2, 0.25) is 5.91 Å². The number of hydrogen-bond donors (Lipinski definition) is 1. The molecule has 1 aliphatic rings. The summed E-state index contributed by atoms with van der Waals surface area (Å²) in [6.07, 6.45) is 5.03. The van der Waals surface area contributed by atoms with Crippen LogP contribution in [0.5, 0.6) is 0 Å². The molecule has 1 aliphatic heterocycles. The van der Waals surface area contributed by atoms with Gasteiger partial charge >= 0.3 is 0 Å². The topological polar surface area (TPSA) is 71.0 Å². The highest BCUT2D eigenvalue weighted by atomic mass is 35.5. The van der Waals surface area contributed by atoms with Crippen molar-refractivity contribution in [2.75, 3.05) is 16.8 Å². The SMILES string of the molecule is Cl.O=C1CCCN1c1ccc(Nc2nc(-c3nccs3)cs2)nc1. The number of halogens is 1. The Bertz CT molecular complexity index is 819. The van der Waals surface area contributed by atoms with E-state index in [0.717, 1.165) is 34.5 Å². The molecule has 3 aromatic rings. The van der Waals surface area contributed by atoms with Gasteiger partial charge in [-0.25, -0.2) is 15.0 Å². The highest BCUT2D eigenvalue weighted by Crippen LogP contribution is 2.28. The van der Waals surface area contributed by atoms with Crippen LogP contribution in [0.1, 0.15) is 12.8 Å². The smallest absolute Gasteiger partial charge is 0.227 e. The number of thiazole rings is 2. The molecule has 0 spiro atoms. The molecule has 0 aliphatic carbocycles. The maximum Gasteiger partial charge on any atom is 0.227 e. The molecule has 124 valence electrons. The van der Waals surface area contributed by atoms with E-state index in [1.807, 2.05) is 22.9 Å². The fourth-order valence-corrected chi connectivity index (χ4v) is 3.80. The predicted octanol–water partition coefficient (Wildman–Crippen LogP) is 3.95. The van der Waals surface area contributed by atoms with Gasteiger partial charge in [-0.1, -0.05) is 0 Å². The van der Waals surface area contributed by atoms with E-state index in [4.69, 9.17) is 0 Å². The van der Waals surface area contributed by atoms with Gasteiger partial charge < -0.3 is 10.2 Å². The maximum atomic E-state index is 11.7. The number of amides is 1. The van der Waals surface area contributed by atoms with E-state index >= 15 is 0 Å². The third kappa shape index (κ3) is 3.40. The summed E-state index contributed by atoms with van der Waals surface area (Å²) < 4.78 is 0. The van der Waals surface area contributed by atoms with Crippen LogP contribution < -0.4 is 10.2 Å². The molecular weight excluding hydrogens is 366 g/mol. The van der Waals surface area contributed by atoms with Crippen molar-refractivity contribution in [3.63, 3.8) is 0 Å². The molecule has 1 amide bonds. The van der Waals surface area contributed by atoms with E-state index in [-0.39, 0.29) is 18.3 Å². The van der Waals surface area contributed by atoms with Crippen molar-refractivity contribution in [1.82, 2.24) is 15.0 Å². The zero-order valence-corrected chi connectivity index (χ0v) is 15.0. The number of aromatic nitrogens is 3. The van der Waals surface area contributed by atoms with Crippen LogP contribution in [-0.2, 0) is 4.79 Å². The molecule has 1 N–H and O–H groups in total. The van der Waals surface area contributed by atoms with Gasteiger partial charge in [0.15, 0.2) is 5.13 Å². The molecule has 0 bridgehead atoms. The molecule has 0 saturated carbocycles. The highest BCUT2D eigenvalue weighted by molar-refractivity contribution is 7.15. The lowest BCUT2D eigenvalue weighted by Crippen LogP contribution is -2.23. The molecule has 1 fully saturated rings. The molecule has 0 aromatic carbocycles. The molecule has 24 heavy (non-hydrogen) atoms. The number of nitrogens with one attached hydrogen (secondary N) is 1. The third-order valence-corrected chi connectivity index (χ3v) is 5.08. The number of carbonyl (C=O) groups excluding carboxylic acids is 1. The van der Waals surface area contributed by atoms with Gasteiger partial charge in [-0.15, -0.1) is 35.1 Å². The number of hydrogen-bond acceptors (Lipinski definition) is 7. The molecule has 6 nitrogen and oxygen atoms in total. The second-order valence-electron chi connectivity index (χ2n) is 5.05. The van der Waals surface area contributed by atoms with Crippen molar-refractivity contribution in [2.24, 2.45) is 0 Å². The van der Waals surface area contributed by atoms with Crippen LogP contribution >= 0.6 is 35.1 Å². The van der Waals surface area contributed by atoms with Gasteiger partial charge in [0.1, 0.15) is 16.5 Å². The maximum absolute atomic E-state index is 11.7. The lowest BCUT2D eigenvalue weighted by Gasteiger charge is -2.15. The second kappa shape index (κ2) is 7.25. The lowest BCUT2D eigenvalue weighted by molar-refractivity contribution is -0.117. The van der Waals surface area contributed by atoms with Crippen LogP contribution in [0.25, 0.3) is 10.7 Å². The number of anilines is 3. The molecule has 3 aromatic heterocycles. The normalized spacial score (nSPS) is 13.8. The number of pyridine rings is 1. The number of rotatable bonds is 4. The third-order valence-electron chi connectivity index (χ3n) is 3.52. The van der Waals surface area contributed by atoms with Crippen molar-refractivity contribution >= 4 is 57.6 Å². The Morgan fingerprint density at radius 2 is 2.12 bits per heavy atom. The van der Waals surface area contributed by atoms with Gasteiger partial charge in [-0.3, -0.25) is 4.79 Å². The Labute approximate surface area is 153 Å². The minimum Gasteiger partial charge on any atom is -0.316 e. The first-order valence-corrected chi connectivity index (χ1v) is 8.94. The zero-order valence-electron chi connectivity index (χ0n) is 12.5. The summed E-state index contributed by atoms with van der Waals surface area (Å²) in [5.41, 5.74) is 1.72. The largest absolute Gasteiger partial charge is 0.316 e. The van der Waals surface area contributed by atoms with E-state index in [2.05, 4.69) is 20.3 Å². The van der Waals surface area contributed by atoms with Crippen molar-refractivity contribution in [1.29, 1.82) is 0 Å². The summed E-state index contributed by atoms with van der Waals surface area (Å²) >= 11 is 3.08. The fraction of sp³-hybridized carbons (Fsp3) is 0.200. The molecule has 1 saturated heterocycles. The van der Waals surface area contributed by atoms with Crippen LogP contribution in [-0.4, -0.2) is 27.4 Å². The average Bonchev–Trinajstić information content (AvgIpc) is 3.29. The molecule has 9 heteroatoms. The Kier molecular flexibility index (Phi) is 5.08. The van der Waals surface area contributed by atoms with Crippen molar-refractivity contribution in [3.8, 4) is 10.7 Å². The molecule has 0 unspecified atom stereocenters. The van der Waals surface area contributed by atoms with Crippen LogP contribution in [0.4, 0.5) is 16.6 Å². The average molecular weight is 380 g/mol. The Morgan fingerprint density at radius 3 is 2.79 bits per heavy atom. The van der Waals surface area contributed by atoms with E-state index in [0.29, 0.717) is 12.2 Å². The van der Waals surface area contributed by atoms with Crippen LogP contribution in [0.2, 0.25) is 0 Å². The summed E-state index contributed by atoms with van der Waals surface area (Å²) in [5.74, 6) is 0.876. The Morgan fingerprint density at radius 1 is 1.21 bits per heavy atom. The minimum absolute atomic E-state index is 0. The van der Waals surface area contributed by atoms with E-state index in [1.54, 1.807) is 28.6 Å². The minimum atomic E-state index is 0. The molecule has 0 atom stereocenters. The summed E-state index contributed by atoms with van der Waals surface area (Å²) in [5, 5.41) is 8.77. The summed E-state index contributed by atoms with van der Waals surface area (Å²) in [7, 11) is 0. The summed E-state index contributed by atoms with van der Waals surface area (Å²) in [4.78, 5) is 26.6. The Balaban J connectivity index is 0.00000169.